The molecule has 0 radical (unpaired) electrons. The molecule has 12 heavy (non-hydrogen) atoms. The van der Waals surface area contributed by atoms with Crippen molar-refractivity contribution >= 4 is 11.9 Å². The van der Waals surface area contributed by atoms with Crippen molar-refractivity contribution in [1.82, 2.24) is 0 Å². The number of cyclic esters (lactones) is 2. The van der Waals surface area contributed by atoms with Crippen LogP contribution in [0.1, 0.15) is 33.1 Å². The minimum absolute atomic E-state index is 0.446. The van der Waals surface area contributed by atoms with E-state index in [1.807, 2.05) is 13.8 Å². The molecule has 0 unspecified atom stereocenters. The molecule has 0 saturated heterocycles. The Kier molecular flexibility index (Phi) is 2.63. The number of ether oxygens (including phenoxy) is 1. The van der Waals surface area contributed by atoms with Crippen molar-refractivity contribution in [2.45, 2.75) is 33.1 Å². The van der Waals surface area contributed by atoms with Crippen LogP contribution in [0.15, 0.2) is 11.1 Å². The average molecular weight is 168 g/mol. The normalized spacial score (nSPS) is 17.2. The SMILES string of the molecule is CCCC1=C(CC)C(=O)OC1=O. The van der Waals surface area contributed by atoms with Crippen molar-refractivity contribution in [1.29, 1.82) is 0 Å². The van der Waals surface area contributed by atoms with Crippen molar-refractivity contribution in [2.24, 2.45) is 0 Å². The number of hydrogen-bond donors (Lipinski definition) is 0. The van der Waals surface area contributed by atoms with Gasteiger partial charge in [-0.1, -0.05) is 20.3 Å². The molecular formula is C9H12O3. The standard InChI is InChI=1S/C9H12O3/c1-3-5-7-6(4-2)8(10)12-9(7)11/h3-5H2,1-2H3. The molecule has 0 aromatic carbocycles. The maximum absolute atomic E-state index is 11.0. The fourth-order valence-corrected chi connectivity index (χ4v) is 1.31. The predicted octanol–water partition coefficient (Wildman–Crippen LogP) is 1.58. The first-order valence-corrected chi connectivity index (χ1v) is 4.19. The monoisotopic (exact) mass is 168 g/mol. The lowest BCUT2D eigenvalue weighted by molar-refractivity contribution is -0.151. The molecule has 0 bridgehead atoms. The topological polar surface area (TPSA) is 43.4 Å². The van der Waals surface area contributed by atoms with Gasteiger partial charge >= 0.3 is 11.9 Å². The first-order chi connectivity index (χ1) is 5.70. The van der Waals surface area contributed by atoms with E-state index in [9.17, 15) is 9.59 Å². The van der Waals surface area contributed by atoms with Crippen molar-refractivity contribution in [3.8, 4) is 0 Å². The fourth-order valence-electron chi connectivity index (χ4n) is 1.31. The molecule has 1 aliphatic rings. The third-order valence-corrected chi connectivity index (χ3v) is 1.90. The predicted molar refractivity (Wildman–Crippen MR) is 43.3 cm³/mol. The van der Waals surface area contributed by atoms with Gasteiger partial charge in [0.15, 0.2) is 0 Å². The highest BCUT2D eigenvalue weighted by Crippen LogP contribution is 2.23. The van der Waals surface area contributed by atoms with E-state index in [1.165, 1.54) is 0 Å². The van der Waals surface area contributed by atoms with E-state index in [1.54, 1.807) is 0 Å². The molecule has 0 N–H and O–H groups in total. The first-order valence-electron chi connectivity index (χ1n) is 4.19. The molecule has 3 heteroatoms. The Morgan fingerprint density at radius 3 is 2.17 bits per heavy atom. The minimum Gasteiger partial charge on any atom is -0.386 e. The Labute approximate surface area is 71.4 Å². The van der Waals surface area contributed by atoms with Crippen LogP contribution in [0.5, 0.6) is 0 Å². The van der Waals surface area contributed by atoms with E-state index in [-0.39, 0.29) is 0 Å². The van der Waals surface area contributed by atoms with Crippen molar-refractivity contribution < 1.29 is 14.3 Å². The number of rotatable bonds is 3. The molecule has 0 amide bonds. The molecule has 0 spiro atoms. The van der Waals surface area contributed by atoms with Crippen LogP contribution in [-0.4, -0.2) is 11.9 Å². The zero-order chi connectivity index (χ0) is 9.14. The van der Waals surface area contributed by atoms with Crippen molar-refractivity contribution in [3.63, 3.8) is 0 Å². The van der Waals surface area contributed by atoms with Gasteiger partial charge in [0.1, 0.15) is 0 Å². The third-order valence-electron chi connectivity index (χ3n) is 1.90. The van der Waals surface area contributed by atoms with Gasteiger partial charge in [0.05, 0.1) is 0 Å². The zero-order valence-electron chi connectivity index (χ0n) is 7.35. The largest absolute Gasteiger partial charge is 0.386 e. The lowest BCUT2D eigenvalue weighted by atomic mass is 10.0. The third kappa shape index (κ3) is 1.40. The zero-order valence-corrected chi connectivity index (χ0v) is 7.35. The van der Waals surface area contributed by atoms with E-state index < -0.39 is 11.9 Å². The van der Waals surface area contributed by atoms with Gasteiger partial charge in [0.2, 0.25) is 0 Å². The van der Waals surface area contributed by atoms with Crippen LogP contribution in [0.3, 0.4) is 0 Å². The molecule has 1 aliphatic heterocycles. The van der Waals surface area contributed by atoms with Gasteiger partial charge < -0.3 is 4.74 Å². The van der Waals surface area contributed by atoms with Crippen LogP contribution in [-0.2, 0) is 14.3 Å². The fraction of sp³-hybridized carbons (Fsp3) is 0.556. The molecule has 0 aromatic rings. The Hall–Kier alpha value is -1.12. The van der Waals surface area contributed by atoms with Gasteiger partial charge in [-0.3, -0.25) is 0 Å². The van der Waals surface area contributed by atoms with E-state index in [0.29, 0.717) is 24.0 Å². The molecule has 0 atom stereocenters. The number of hydrogen-bond acceptors (Lipinski definition) is 3. The van der Waals surface area contributed by atoms with E-state index in [0.717, 1.165) is 6.42 Å². The summed E-state index contributed by atoms with van der Waals surface area (Å²) < 4.78 is 4.48. The Bertz CT molecular complexity index is 250. The van der Waals surface area contributed by atoms with E-state index >= 15 is 0 Å². The minimum atomic E-state index is -0.453. The van der Waals surface area contributed by atoms with Gasteiger partial charge in [-0.2, -0.15) is 0 Å². The smallest absolute Gasteiger partial charge is 0.342 e. The average Bonchev–Trinajstić information content (AvgIpc) is 2.28. The molecule has 0 aliphatic carbocycles. The molecule has 1 heterocycles. The van der Waals surface area contributed by atoms with Gasteiger partial charge in [-0.15, -0.1) is 0 Å². The summed E-state index contributed by atoms with van der Waals surface area (Å²) >= 11 is 0. The summed E-state index contributed by atoms with van der Waals surface area (Å²) in [7, 11) is 0. The molecule has 3 nitrogen and oxygen atoms in total. The molecular weight excluding hydrogens is 156 g/mol. The lowest BCUT2D eigenvalue weighted by Crippen LogP contribution is -2.01. The number of carbonyl (C=O) groups excluding carboxylic acids is 2. The highest BCUT2D eigenvalue weighted by molar-refractivity contribution is 6.12. The van der Waals surface area contributed by atoms with Gasteiger partial charge in [-0.05, 0) is 12.8 Å². The summed E-state index contributed by atoms with van der Waals surface area (Å²) in [6.07, 6.45) is 2.09. The van der Waals surface area contributed by atoms with Crippen LogP contribution < -0.4 is 0 Å². The van der Waals surface area contributed by atoms with Crippen LogP contribution in [0.4, 0.5) is 0 Å². The van der Waals surface area contributed by atoms with E-state index in [2.05, 4.69) is 4.74 Å². The molecule has 66 valence electrons. The Morgan fingerprint density at radius 2 is 1.67 bits per heavy atom. The van der Waals surface area contributed by atoms with Crippen LogP contribution >= 0.6 is 0 Å². The first kappa shape index (κ1) is 8.97. The van der Waals surface area contributed by atoms with Crippen LogP contribution in [0.25, 0.3) is 0 Å². The lowest BCUT2D eigenvalue weighted by Gasteiger charge is -1.95. The summed E-state index contributed by atoms with van der Waals surface area (Å²) in [4.78, 5) is 22.0. The van der Waals surface area contributed by atoms with E-state index in [4.69, 9.17) is 0 Å². The Morgan fingerprint density at radius 1 is 1.08 bits per heavy atom. The second-order valence-corrected chi connectivity index (χ2v) is 2.74. The quantitative estimate of drug-likeness (QED) is 0.474. The van der Waals surface area contributed by atoms with Gasteiger partial charge in [0.25, 0.3) is 0 Å². The molecule has 0 fully saturated rings. The van der Waals surface area contributed by atoms with Crippen LogP contribution in [0, 0.1) is 0 Å². The van der Waals surface area contributed by atoms with Gasteiger partial charge in [0, 0.05) is 11.1 Å². The maximum Gasteiger partial charge on any atom is 0.342 e. The maximum atomic E-state index is 11.0. The number of carbonyl (C=O) groups is 2. The second kappa shape index (κ2) is 3.52. The summed E-state index contributed by atoms with van der Waals surface area (Å²) in [5.74, 6) is -0.898. The highest BCUT2D eigenvalue weighted by Gasteiger charge is 2.30. The van der Waals surface area contributed by atoms with Crippen molar-refractivity contribution in [3.05, 3.63) is 11.1 Å². The summed E-state index contributed by atoms with van der Waals surface area (Å²) in [5, 5.41) is 0. The number of esters is 2. The summed E-state index contributed by atoms with van der Waals surface area (Å²) in [6, 6.07) is 0. The summed E-state index contributed by atoms with van der Waals surface area (Å²) in [5.41, 5.74) is 1.13. The summed E-state index contributed by atoms with van der Waals surface area (Å²) in [6.45, 7) is 3.82. The molecule has 1 rings (SSSR count). The van der Waals surface area contributed by atoms with Crippen LogP contribution in [0.2, 0.25) is 0 Å². The molecule has 0 saturated carbocycles. The van der Waals surface area contributed by atoms with Gasteiger partial charge in [-0.25, -0.2) is 9.59 Å². The highest BCUT2D eigenvalue weighted by atomic mass is 16.6. The van der Waals surface area contributed by atoms with Crippen molar-refractivity contribution in [2.75, 3.05) is 0 Å². The molecule has 0 aromatic heterocycles. The second-order valence-electron chi connectivity index (χ2n) is 2.74. The Balaban J connectivity index is 2.92.